The van der Waals surface area contributed by atoms with Gasteiger partial charge in [0.25, 0.3) is 5.56 Å². The summed E-state index contributed by atoms with van der Waals surface area (Å²) < 4.78 is 38.7. The molecule has 0 fully saturated rings. The smallest absolute Gasteiger partial charge is 0.291 e. The molecule has 3 heterocycles. The maximum absolute atomic E-state index is 12.6. The Balaban J connectivity index is 1.74. The number of alkyl halides is 3. The number of urea groups is 1. The fourth-order valence-corrected chi connectivity index (χ4v) is 2.51. The molecule has 3 aromatic heterocycles. The number of rotatable bonds is 4. The van der Waals surface area contributed by atoms with Crippen molar-refractivity contribution >= 4 is 23.4 Å². The van der Waals surface area contributed by atoms with Gasteiger partial charge in [0, 0.05) is 30.6 Å². The third-order valence-corrected chi connectivity index (χ3v) is 3.98. The summed E-state index contributed by atoms with van der Waals surface area (Å²) in [5.74, 6) is -0.108. The van der Waals surface area contributed by atoms with E-state index in [1.54, 1.807) is 18.2 Å². The van der Waals surface area contributed by atoms with Gasteiger partial charge in [-0.05, 0) is 29.8 Å². The van der Waals surface area contributed by atoms with Crippen LogP contribution in [0.1, 0.15) is 16.8 Å². The number of carbonyl (C=O) groups excluding carboxylic acids is 1. The van der Waals surface area contributed by atoms with E-state index in [1.165, 1.54) is 18.3 Å². The number of hydrogen-bond acceptors (Lipinski definition) is 4. The maximum Gasteiger partial charge on any atom is 0.417 e. The molecule has 0 aliphatic carbocycles. The van der Waals surface area contributed by atoms with Crippen molar-refractivity contribution in [3.05, 3.63) is 87.2 Å². The topological polar surface area (TPSA) is 88.9 Å². The number of amides is 2. The molecule has 3 aromatic rings. The van der Waals surface area contributed by atoms with Crippen LogP contribution in [0.4, 0.5) is 23.8 Å². The molecule has 0 aliphatic heterocycles. The highest BCUT2D eigenvalue weighted by atomic mass is 35.5. The summed E-state index contributed by atoms with van der Waals surface area (Å²) in [5, 5.41) is 2.60. The number of anilines is 1. The Morgan fingerprint density at radius 1 is 1.07 bits per heavy atom. The summed E-state index contributed by atoms with van der Waals surface area (Å²) >= 11 is 5.75. The van der Waals surface area contributed by atoms with E-state index in [0.717, 1.165) is 22.4 Å². The summed E-state index contributed by atoms with van der Waals surface area (Å²) in [6, 6.07) is 8.69. The zero-order chi connectivity index (χ0) is 21.0. The van der Waals surface area contributed by atoms with E-state index in [2.05, 4.69) is 20.7 Å². The summed E-state index contributed by atoms with van der Waals surface area (Å²) in [6.07, 6.45) is -2.12. The molecule has 7 nitrogen and oxygen atoms in total. The highest BCUT2D eigenvalue weighted by molar-refractivity contribution is 6.29. The van der Waals surface area contributed by atoms with Gasteiger partial charge in [-0.2, -0.15) is 13.2 Å². The molecular formula is C18H13ClF3N5O2. The summed E-state index contributed by atoms with van der Waals surface area (Å²) in [7, 11) is 0. The maximum atomic E-state index is 12.6. The van der Waals surface area contributed by atoms with Gasteiger partial charge in [0.1, 0.15) is 11.0 Å². The first-order chi connectivity index (χ1) is 13.7. The number of hydrogen-bond donors (Lipinski definition) is 2. The molecule has 2 amide bonds. The number of pyridine rings is 3. The molecule has 3 rings (SSSR count). The quantitative estimate of drug-likeness (QED) is 0.626. The molecule has 0 radical (unpaired) electrons. The zero-order valence-electron chi connectivity index (χ0n) is 14.6. The molecule has 0 bridgehead atoms. The summed E-state index contributed by atoms with van der Waals surface area (Å²) in [5.41, 5.74) is 2.11. The molecule has 2 N–H and O–H groups in total. The van der Waals surface area contributed by atoms with Crippen molar-refractivity contribution in [2.45, 2.75) is 12.6 Å². The first-order valence-corrected chi connectivity index (χ1v) is 8.53. The second-order valence-corrected chi connectivity index (χ2v) is 6.24. The van der Waals surface area contributed by atoms with Gasteiger partial charge in [0.2, 0.25) is 0 Å². The lowest BCUT2D eigenvalue weighted by atomic mass is 10.1. The molecule has 0 aromatic carbocycles. The predicted octanol–water partition coefficient (Wildman–Crippen LogP) is 3.68. The third-order valence-electron chi connectivity index (χ3n) is 3.75. The van der Waals surface area contributed by atoms with Crippen molar-refractivity contribution in [3.63, 3.8) is 0 Å². The minimum Gasteiger partial charge on any atom is -0.291 e. The van der Waals surface area contributed by atoms with Crippen LogP contribution >= 0.6 is 11.6 Å². The van der Waals surface area contributed by atoms with Crippen LogP contribution in [-0.4, -0.2) is 20.7 Å². The van der Waals surface area contributed by atoms with Crippen LogP contribution in [0.5, 0.6) is 0 Å². The van der Waals surface area contributed by atoms with E-state index in [-0.39, 0.29) is 12.2 Å². The van der Waals surface area contributed by atoms with Crippen molar-refractivity contribution in [3.8, 4) is 0 Å². The van der Waals surface area contributed by atoms with Gasteiger partial charge >= 0.3 is 12.2 Å². The van der Waals surface area contributed by atoms with E-state index < -0.39 is 23.3 Å². The minimum absolute atomic E-state index is 0.108. The first kappa shape index (κ1) is 20.3. The fourth-order valence-electron chi connectivity index (χ4n) is 2.40. The van der Waals surface area contributed by atoms with Crippen LogP contribution in [0, 0.1) is 0 Å². The summed E-state index contributed by atoms with van der Waals surface area (Å²) in [4.78, 5) is 31.9. The van der Waals surface area contributed by atoms with Gasteiger partial charge in [-0.25, -0.2) is 24.9 Å². The SMILES string of the molecule is O=C(Nc1ccc(C(F)(F)F)cn1)Nn1c(Cc2ccc(Cl)nc2)cccc1=O. The molecule has 0 saturated carbocycles. The normalized spacial score (nSPS) is 11.2. The first-order valence-electron chi connectivity index (χ1n) is 8.15. The lowest BCUT2D eigenvalue weighted by molar-refractivity contribution is -0.137. The second-order valence-electron chi connectivity index (χ2n) is 5.85. The molecule has 0 aliphatic rings. The lowest BCUT2D eigenvalue weighted by Crippen LogP contribution is -2.37. The second kappa shape index (κ2) is 8.31. The van der Waals surface area contributed by atoms with Crippen LogP contribution < -0.4 is 16.3 Å². The fraction of sp³-hybridized carbons (Fsp3) is 0.111. The van der Waals surface area contributed by atoms with Gasteiger partial charge in [0.05, 0.1) is 5.56 Å². The molecular weight excluding hydrogens is 411 g/mol. The van der Waals surface area contributed by atoms with Gasteiger partial charge < -0.3 is 0 Å². The van der Waals surface area contributed by atoms with E-state index in [9.17, 15) is 22.8 Å². The molecule has 11 heteroatoms. The number of aromatic nitrogens is 3. The Kier molecular flexibility index (Phi) is 5.83. The average molecular weight is 424 g/mol. The largest absolute Gasteiger partial charge is 0.417 e. The number of carbonyl (C=O) groups is 1. The van der Waals surface area contributed by atoms with Crippen LogP contribution in [0.3, 0.4) is 0 Å². The van der Waals surface area contributed by atoms with Crippen molar-refractivity contribution in [1.82, 2.24) is 14.6 Å². The zero-order valence-corrected chi connectivity index (χ0v) is 15.3. The third kappa shape index (κ3) is 5.32. The van der Waals surface area contributed by atoms with Crippen molar-refractivity contribution < 1.29 is 18.0 Å². The van der Waals surface area contributed by atoms with E-state index in [0.29, 0.717) is 17.0 Å². The molecule has 0 saturated heterocycles. The number of nitrogens with one attached hydrogen (secondary N) is 2. The van der Waals surface area contributed by atoms with Crippen LogP contribution in [0.15, 0.2) is 59.7 Å². The molecule has 0 atom stereocenters. The Labute approximate surface area is 167 Å². The van der Waals surface area contributed by atoms with E-state index in [4.69, 9.17) is 11.6 Å². The predicted molar refractivity (Wildman–Crippen MR) is 100 cm³/mol. The van der Waals surface area contributed by atoms with Crippen LogP contribution in [0.2, 0.25) is 5.15 Å². The van der Waals surface area contributed by atoms with Gasteiger partial charge in [0.15, 0.2) is 0 Å². The minimum atomic E-state index is -4.53. The Morgan fingerprint density at radius 3 is 2.48 bits per heavy atom. The van der Waals surface area contributed by atoms with Crippen molar-refractivity contribution in [2.75, 3.05) is 10.7 Å². The van der Waals surface area contributed by atoms with E-state index >= 15 is 0 Å². The molecule has 150 valence electrons. The van der Waals surface area contributed by atoms with Crippen LogP contribution in [-0.2, 0) is 12.6 Å². The molecule has 0 spiro atoms. The summed E-state index contributed by atoms with van der Waals surface area (Å²) in [6.45, 7) is 0. The monoisotopic (exact) mass is 423 g/mol. The van der Waals surface area contributed by atoms with Gasteiger partial charge in [-0.3, -0.25) is 10.1 Å². The molecule has 29 heavy (non-hydrogen) atoms. The van der Waals surface area contributed by atoms with E-state index in [1.807, 2.05) is 0 Å². The average Bonchev–Trinajstić information content (AvgIpc) is 2.66. The standard InChI is InChI=1S/C18H13ClF3N5O2/c19-14-6-4-11(9-23-14)8-13-2-1-3-16(28)27(13)26-17(29)25-15-7-5-12(10-24-15)18(20,21)22/h1-7,9-10H,8H2,(H2,24,25,26,29). The number of halogens is 4. The van der Waals surface area contributed by atoms with Gasteiger partial charge in [-0.15, -0.1) is 0 Å². The highest BCUT2D eigenvalue weighted by Gasteiger charge is 2.30. The van der Waals surface area contributed by atoms with Crippen molar-refractivity contribution in [2.24, 2.45) is 0 Å². The Morgan fingerprint density at radius 2 is 1.86 bits per heavy atom. The highest BCUT2D eigenvalue weighted by Crippen LogP contribution is 2.28. The number of nitrogens with zero attached hydrogens (tertiary/aromatic N) is 3. The Hall–Kier alpha value is -3.40. The lowest BCUT2D eigenvalue weighted by Gasteiger charge is -2.14. The van der Waals surface area contributed by atoms with Crippen molar-refractivity contribution in [1.29, 1.82) is 0 Å². The Bertz CT molecular complexity index is 1070. The van der Waals surface area contributed by atoms with Crippen LogP contribution in [0.25, 0.3) is 0 Å². The van der Waals surface area contributed by atoms with Gasteiger partial charge in [-0.1, -0.05) is 23.7 Å². The molecule has 0 unspecified atom stereocenters.